The highest BCUT2D eigenvalue weighted by molar-refractivity contribution is 5.56. The van der Waals surface area contributed by atoms with Gasteiger partial charge in [-0.3, -0.25) is 0 Å². The molecule has 1 N–H and O–H groups in total. The number of hydrogen-bond acceptors (Lipinski definition) is 3. The fraction of sp³-hybridized carbons (Fsp3) is 0.795. The summed E-state index contributed by atoms with van der Waals surface area (Å²) in [4.78, 5) is 13.2. The summed E-state index contributed by atoms with van der Waals surface area (Å²) >= 11 is 0. The molecule has 0 saturated heterocycles. The lowest BCUT2D eigenvalue weighted by Crippen LogP contribution is -2.13. The molecule has 0 aromatic heterocycles. The van der Waals surface area contributed by atoms with Crippen molar-refractivity contribution in [2.24, 2.45) is 5.92 Å². The molecule has 4 heteroatoms. The topological polar surface area (TPSA) is 49.8 Å². The number of ether oxygens (including phenoxy) is 1. The summed E-state index contributed by atoms with van der Waals surface area (Å²) in [5.41, 5.74) is 0. The summed E-state index contributed by atoms with van der Waals surface area (Å²) < 4.78 is 4.98. The van der Waals surface area contributed by atoms with Crippen LogP contribution in [0.25, 0.3) is 0 Å². The summed E-state index contributed by atoms with van der Waals surface area (Å²) in [6.45, 7) is 3.85. The lowest BCUT2D eigenvalue weighted by Gasteiger charge is -2.16. The third kappa shape index (κ3) is 40.4. The molecule has 1 atom stereocenters. The van der Waals surface area contributed by atoms with Crippen LogP contribution in [0.15, 0.2) is 48.6 Å². The lowest BCUT2D eigenvalue weighted by atomic mass is 9.94. The van der Waals surface area contributed by atoms with Gasteiger partial charge in [0, 0.05) is 0 Å². The lowest BCUT2D eigenvalue weighted by molar-refractivity contribution is 0.0730. The van der Waals surface area contributed by atoms with E-state index in [9.17, 15) is 4.79 Å². The Morgan fingerprint density at radius 3 is 1.25 bits per heavy atom. The maximum atomic E-state index is 11.0. The minimum atomic E-state index is -1.13. The van der Waals surface area contributed by atoms with E-state index < -0.39 is 6.16 Å². The number of nitrogens with zero attached hydrogens (tertiary/aromatic N) is 1. The summed E-state index contributed by atoms with van der Waals surface area (Å²) in [6.07, 6.45) is 54.2. The van der Waals surface area contributed by atoms with Gasteiger partial charge in [0.05, 0.1) is 6.61 Å². The molecule has 280 valence electrons. The van der Waals surface area contributed by atoms with E-state index in [1.165, 1.54) is 167 Å². The van der Waals surface area contributed by atoms with Gasteiger partial charge >= 0.3 is 6.16 Å². The molecular weight excluding hydrogens is 590 g/mol. The van der Waals surface area contributed by atoms with Crippen molar-refractivity contribution in [2.45, 2.75) is 193 Å². The largest absolute Gasteiger partial charge is 0.505 e. The molecule has 0 aliphatic heterocycles. The van der Waals surface area contributed by atoms with E-state index in [2.05, 4.69) is 74.5 Å². The van der Waals surface area contributed by atoms with Gasteiger partial charge in [-0.15, -0.1) is 0 Å². The molecule has 0 fully saturated rings. The predicted molar refractivity (Wildman–Crippen MR) is 212 cm³/mol. The van der Waals surface area contributed by atoms with Crippen LogP contribution >= 0.6 is 0 Å². The average Bonchev–Trinajstić information content (AvgIpc) is 3.07. The summed E-state index contributed by atoms with van der Waals surface area (Å²) in [6, 6.07) is 0. The first-order valence-corrected chi connectivity index (χ1v) is 20.7. The number of unbranched alkanes of at least 4 members (excludes halogenated alkanes) is 21. The number of carbonyl (C=O) groups is 1. The smallest absolute Gasteiger partial charge is 0.450 e. The van der Waals surface area contributed by atoms with Crippen molar-refractivity contribution in [3.8, 4) is 0 Å². The van der Waals surface area contributed by atoms with Crippen molar-refractivity contribution >= 4 is 6.16 Å². The summed E-state index contributed by atoms with van der Waals surface area (Å²) in [7, 11) is 4.32. The fourth-order valence-electron chi connectivity index (χ4n) is 6.23. The van der Waals surface area contributed by atoms with E-state index in [0.717, 1.165) is 25.7 Å². The molecule has 4 nitrogen and oxygen atoms in total. The van der Waals surface area contributed by atoms with Crippen molar-refractivity contribution in [3.05, 3.63) is 48.6 Å². The molecule has 0 amide bonds. The van der Waals surface area contributed by atoms with Crippen LogP contribution in [0.2, 0.25) is 0 Å². The Morgan fingerprint density at radius 2 is 0.875 bits per heavy atom. The van der Waals surface area contributed by atoms with Crippen LogP contribution in [-0.2, 0) is 4.74 Å². The van der Waals surface area contributed by atoms with Gasteiger partial charge < -0.3 is 14.7 Å². The molecule has 0 heterocycles. The zero-order valence-electron chi connectivity index (χ0n) is 32.3. The Kier molecular flexibility index (Phi) is 38.1. The van der Waals surface area contributed by atoms with Crippen LogP contribution in [0.4, 0.5) is 4.79 Å². The van der Waals surface area contributed by atoms with Gasteiger partial charge in [0.2, 0.25) is 0 Å². The van der Waals surface area contributed by atoms with Gasteiger partial charge in [0.1, 0.15) is 0 Å². The Balaban J connectivity index is 3.66. The highest BCUT2D eigenvalue weighted by Crippen LogP contribution is 2.20. The molecule has 0 radical (unpaired) electrons. The standard InChI is InChI=1S/C44H81NO3/c1-4-5-6-7-8-9-10-11-12-18-21-24-27-30-33-36-39-43(42-48-44(46)47)40-37-34-31-28-25-22-19-16-14-13-15-17-20-23-26-29-32-35-38-41-45(2)3/h8-9,11-12,14-17,43H,4-7,10,13,18-42H2,1-3H3,(H,46,47)/b9-8-,12-11-,16-14-,17-15-. The Bertz CT molecular complexity index is 769. The normalized spacial score (nSPS) is 12.9. The van der Waals surface area contributed by atoms with Crippen molar-refractivity contribution in [2.75, 3.05) is 27.2 Å². The van der Waals surface area contributed by atoms with E-state index in [1.54, 1.807) is 0 Å². The van der Waals surface area contributed by atoms with E-state index in [-0.39, 0.29) is 0 Å². The Hall–Kier alpha value is -1.81. The zero-order chi connectivity index (χ0) is 35.0. The monoisotopic (exact) mass is 672 g/mol. The van der Waals surface area contributed by atoms with Crippen LogP contribution < -0.4 is 0 Å². The quantitative estimate of drug-likeness (QED) is 0.0406. The van der Waals surface area contributed by atoms with E-state index in [0.29, 0.717) is 12.5 Å². The first-order valence-electron chi connectivity index (χ1n) is 20.7. The Labute approximate surface area is 300 Å². The molecule has 0 aliphatic carbocycles. The summed E-state index contributed by atoms with van der Waals surface area (Å²) in [5, 5.41) is 8.99. The first kappa shape index (κ1) is 46.2. The fourth-order valence-corrected chi connectivity index (χ4v) is 6.23. The van der Waals surface area contributed by atoms with Crippen LogP contribution in [0.3, 0.4) is 0 Å². The predicted octanol–water partition coefficient (Wildman–Crippen LogP) is 14.4. The highest BCUT2D eigenvalue weighted by Gasteiger charge is 2.11. The van der Waals surface area contributed by atoms with E-state index in [4.69, 9.17) is 9.84 Å². The zero-order valence-corrected chi connectivity index (χ0v) is 32.3. The number of hydrogen-bond donors (Lipinski definition) is 1. The van der Waals surface area contributed by atoms with Gasteiger partial charge in [-0.1, -0.05) is 158 Å². The average molecular weight is 672 g/mol. The second-order valence-corrected chi connectivity index (χ2v) is 14.4. The molecule has 0 aromatic rings. The van der Waals surface area contributed by atoms with E-state index in [1.807, 2.05) is 0 Å². The minimum absolute atomic E-state index is 0.370. The Morgan fingerprint density at radius 1 is 0.521 bits per heavy atom. The van der Waals surface area contributed by atoms with E-state index >= 15 is 0 Å². The second kappa shape index (κ2) is 39.6. The molecule has 0 spiro atoms. The SMILES string of the molecule is CCCCC/C=C\C/C=C\CCCCCCCCC(CCCCCCCC/C=C\C/C=C\CCCCCCCCN(C)C)COC(=O)O. The van der Waals surface area contributed by atoms with Gasteiger partial charge in [-0.05, 0) is 110 Å². The van der Waals surface area contributed by atoms with Gasteiger partial charge in [-0.25, -0.2) is 4.79 Å². The number of allylic oxidation sites excluding steroid dienone is 8. The van der Waals surface area contributed by atoms with Crippen LogP contribution in [0, 0.1) is 5.92 Å². The van der Waals surface area contributed by atoms with Crippen molar-refractivity contribution in [1.29, 1.82) is 0 Å². The number of rotatable bonds is 37. The van der Waals surface area contributed by atoms with Crippen LogP contribution in [0.1, 0.15) is 193 Å². The van der Waals surface area contributed by atoms with Crippen LogP contribution in [-0.4, -0.2) is 43.4 Å². The van der Waals surface area contributed by atoms with Gasteiger partial charge in [0.15, 0.2) is 0 Å². The third-order valence-corrected chi connectivity index (χ3v) is 9.32. The minimum Gasteiger partial charge on any atom is -0.450 e. The van der Waals surface area contributed by atoms with Gasteiger partial charge in [-0.2, -0.15) is 0 Å². The molecule has 1 unspecified atom stereocenters. The molecule has 0 rings (SSSR count). The highest BCUT2D eigenvalue weighted by atomic mass is 16.7. The maximum Gasteiger partial charge on any atom is 0.505 e. The molecule has 0 saturated carbocycles. The third-order valence-electron chi connectivity index (χ3n) is 9.32. The van der Waals surface area contributed by atoms with Crippen molar-refractivity contribution in [3.63, 3.8) is 0 Å². The number of carboxylic acid groups (broad SMARTS) is 1. The van der Waals surface area contributed by atoms with Crippen LogP contribution in [0.5, 0.6) is 0 Å². The maximum absolute atomic E-state index is 11.0. The molecule has 48 heavy (non-hydrogen) atoms. The molecule has 0 aromatic carbocycles. The van der Waals surface area contributed by atoms with Crippen molar-refractivity contribution < 1.29 is 14.6 Å². The molecular formula is C44H81NO3. The summed E-state index contributed by atoms with van der Waals surface area (Å²) in [5.74, 6) is 0.383. The second-order valence-electron chi connectivity index (χ2n) is 14.4. The van der Waals surface area contributed by atoms with Gasteiger partial charge in [0.25, 0.3) is 0 Å². The first-order chi connectivity index (χ1) is 23.6. The molecule has 0 aliphatic rings. The molecule has 0 bridgehead atoms. The van der Waals surface area contributed by atoms with Crippen molar-refractivity contribution in [1.82, 2.24) is 4.90 Å².